The molecule has 0 amide bonds. The lowest BCUT2D eigenvalue weighted by Crippen LogP contribution is -2.36. The minimum atomic E-state index is -3.53. The molecule has 6 nitrogen and oxygen atoms in total. The van der Waals surface area contributed by atoms with Crippen molar-refractivity contribution in [1.82, 2.24) is 4.90 Å². The molecule has 1 unspecified atom stereocenters. The van der Waals surface area contributed by atoms with Gasteiger partial charge in [0.2, 0.25) is 0 Å². The van der Waals surface area contributed by atoms with Gasteiger partial charge >= 0.3 is 0 Å². The van der Waals surface area contributed by atoms with E-state index in [-0.39, 0.29) is 11.6 Å². The summed E-state index contributed by atoms with van der Waals surface area (Å²) < 4.78 is 48.9. The van der Waals surface area contributed by atoms with Crippen LogP contribution in [0.25, 0.3) is 0 Å². The van der Waals surface area contributed by atoms with Crippen molar-refractivity contribution >= 4 is 21.2 Å². The lowest BCUT2D eigenvalue weighted by atomic mass is 10.4. The van der Waals surface area contributed by atoms with Crippen LogP contribution in [0.15, 0.2) is 0 Å². The average Bonchev–Trinajstić information content (AvgIpc) is 2.50. The van der Waals surface area contributed by atoms with Gasteiger partial charge in [0.05, 0.1) is 11.6 Å². The monoisotopic (exact) mass is 270 g/mol. The van der Waals surface area contributed by atoms with Crippen LogP contribution in [0, 0.1) is 0 Å². The Balaban J connectivity index is 2.55. The molecular formula is C8H16NO5S2-. The van der Waals surface area contributed by atoms with Crippen LogP contribution in [0.2, 0.25) is 0 Å². The molecule has 0 bridgehead atoms. The zero-order valence-corrected chi connectivity index (χ0v) is 10.8. The molecule has 0 N–H and O–H groups in total. The predicted octanol–water partition coefficient (Wildman–Crippen LogP) is 0.00130. The highest BCUT2D eigenvalue weighted by Crippen LogP contribution is 2.20. The summed E-state index contributed by atoms with van der Waals surface area (Å²) in [4.78, 5) is 1.52. The molecule has 0 spiro atoms. The van der Waals surface area contributed by atoms with E-state index in [4.69, 9.17) is 4.18 Å². The van der Waals surface area contributed by atoms with Crippen LogP contribution in [0.4, 0.5) is 0 Å². The number of likely N-dealkylation sites (tertiary alicyclic amines) is 1. The maximum Gasteiger partial charge on any atom is 0.268 e. The third-order valence-corrected chi connectivity index (χ3v) is 4.25. The number of hydrogen-bond acceptors (Lipinski definition) is 6. The Morgan fingerprint density at radius 3 is 2.81 bits per heavy atom. The number of nitrogens with zero attached hydrogens (tertiary/aromatic N) is 1. The summed E-state index contributed by atoms with van der Waals surface area (Å²) in [6.45, 7) is 2.31. The van der Waals surface area contributed by atoms with Gasteiger partial charge in [-0.2, -0.15) is 8.42 Å². The van der Waals surface area contributed by atoms with E-state index in [1.54, 1.807) is 6.92 Å². The van der Waals surface area contributed by atoms with Crippen molar-refractivity contribution in [3.05, 3.63) is 0 Å². The summed E-state index contributed by atoms with van der Waals surface area (Å²) in [6.07, 6.45) is 1.18. The SMILES string of the molecule is CCCS(=O)(=O)O[C@@H]1CCCN1CS(=O)[O-]. The van der Waals surface area contributed by atoms with Gasteiger partial charge in [-0.1, -0.05) is 6.92 Å². The third kappa shape index (κ3) is 4.46. The van der Waals surface area contributed by atoms with Crippen LogP contribution in [-0.2, 0) is 25.4 Å². The molecule has 0 aliphatic carbocycles. The van der Waals surface area contributed by atoms with E-state index in [1.807, 2.05) is 0 Å². The average molecular weight is 270 g/mol. The number of hydrogen-bond donors (Lipinski definition) is 0. The fourth-order valence-corrected chi connectivity index (χ4v) is 3.37. The van der Waals surface area contributed by atoms with Crippen LogP contribution in [-0.4, -0.2) is 46.5 Å². The van der Waals surface area contributed by atoms with Crippen molar-refractivity contribution in [3.63, 3.8) is 0 Å². The van der Waals surface area contributed by atoms with Crippen LogP contribution >= 0.6 is 0 Å². The fourth-order valence-electron chi connectivity index (χ4n) is 1.65. The second kappa shape index (κ2) is 6.06. The summed E-state index contributed by atoms with van der Waals surface area (Å²) in [5.74, 6) is -0.204. The maximum atomic E-state index is 11.4. The van der Waals surface area contributed by atoms with Gasteiger partial charge in [-0.15, -0.1) is 0 Å². The van der Waals surface area contributed by atoms with Gasteiger partial charge in [-0.25, -0.2) is 0 Å². The Labute approximate surface area is 98.4 Å². The second-order valence-electron chi connectivity index (χ2n) is 3.70. The van der Waals surface area contributed by atoms with E-state index in [1.165, 1.54) is 4.90 Å². The Kier molecular flexibility index (Phi) is 5.32. The van der Waals surface area contributed by atoms with Gasteiger partial charge in [-0.3, -0.25) is 13.3 Å². The van der Waals surface area contributed by atoms with Crippen LogP contribution in [0.3, 0.4) is 0 Å². The highest BCUT2D eigenvalue weighted by Gasteiger charge is 2.29. The molecule has 1 saturated heterocycles. The maximum absolute atomic E-state index is 11.4. The Bertz CT molecular complexity index is 342. The first-order valence-electron chi connectivity index (χ1n) is 5.15. The molecule has 16 heavy (non-hydrogen) atoms. The van der Waals surface area contributed by atoms with E-state index in [0.717, 1.165) is 6.42 Å². The van der Waals surface area contributed by atoms with Gasteiger partial charge in [-0.05, 0) is 30.3 Å². The summed E-state index contributed by atoms with van der Waals surface area (Å²) in [6, 6.07) is 0. The standard InChI is InChI=1S/C8H17NO5S2/c1-2-6-16(12,13)14-8-4-3-5-9(8)7-15(10)11/h8H,2-7H2,1H3,(H,10,11)/p-1/t8-/m1/s1. The first kappa shape index (κ1) is 14.0. The van der Waals surface area contributed by atoms with E-state index >= 15 is 0 Å². The third-order valence-electron chi connectivity index (χ3n) is 2.29. The van der Waals surface area contributed by atoms with Gasteiger partial charge in [0.15, 0.2) is 0 Å². The summed E-state index contributed by atoms with van der Waals surface area (Å²) >= 11 is -2.21. The van der Waals surface area contributed by atoms with Crippen molar-refractivity contribution in [2.24, 2.45) is 0 Å². The molecule has 0 aromatic carbocycles. The highest BCUT2D eigenvalue weighted by molar-refractivity contribution is 7.86. The molecule has 2 atom stereocenters. The molecule has 0 saturated carbocycles. The normalized spacial score (nSPS) is 24.8. The minimum Gasteiger partial charge on any atom is -0.771 e. The highest BCUT2D eigenvalue weighted by atomic mass is 32.2. The summed E-state index contributed by atoms with van der Waals surface area (Å²) in [7, 11) is -3.53. The van der Waals surface area contributed by atoms with E-state index < -0.39 is 27.4 Å². The summed E-state index contributed by atoms with van der Waals surface area (Å²) in [5, 5.41) is 0. The van der Waals surface area contributed by atoms with Gasteiger partial charge < -0.3 is 4.55 Å². The van der Waals surface area contributed by atoms with E-state index in [0.29, 0.717) is 19.4 Å². The van der Waals surface area contributed by atoms with Crippen molar-refractivity contribution in [1.29, 1.82) is 0 Å². The molecule has 0 aromatic heterocycles. The fraction of sp³-hybridized carbons (Fsp3) is 1.00. The molecule has 8 heteroatoms. The smallest absolute Gasteiger partial charge is 0.268 e. The van der Waals surface area contributed by atoms with Crippen molar-refractivity contribution in [2.45, 2.75) is 32.4 Å². The van der Waals surface area contributed by atoms with Crippen molar-refractivity contribution in [2.75, 3.05) is 18.2 Å². The predicted molar refractivity (Wildman–Crippen MR) is 58.7 cm³/mol. The van der Waals surface area contributed by atoms with Crippen molar-refractivity contribution < 1.29 is 21.4 Å². The molecule has 1 fully saturated rings. The number of rotatable bonds is 6. The summed E-state index contributed by atoms with van der Waals surface area (Å²) in [5.41, 5.74) is 0. The molecule has 0 radical (unpaired) electrons. The first-order valence-corrected chi connectivity index (χ1v) is 7.97. The lowest BCUT2D eigenvalue weighted by molar-refractivity contribution is 0.0807. The molecule has 96 valence electrons. The second-order valence-corrected chi connectivity index (χ2v) is 6.28. The first-order chi connectivity index (χ1) is 7.44. The largest absolute Gasteiger partial charge is 0.771 e. The van der Waals surface area contributed by atoms with Gasteiger partial charge in [0.25, 0.3) is 10.1 Å². The van der Waals surface area contributed by atoms with Gasteiger partial charge in [0.1, 0.15) is 6.23 Å². The quantitative estimate of drug-likeness (QED) is 0.499. The van der Waals surface area contributed by atoms with E-state index in [9.17, 15) is 17.2 Å². The Hall–Kier alpha value is -0.0200. The molecule has 1 rings (SSSR count). The molecular weight excluding hydrogens is 254 g/mol. The van der Waals surface area contributed by atoms with E-state index in [2.05, 4.69) is 0 Å². The van der Waals surface area contributed by atoms with Crippen LogP contribution in [0.1, 0.15) is 26.2 Å². The molecule has 0 aromatic rings. The van der Waals surface area contributed by atoms with Crippen LogP contribution < -0.4 is 0 Å². The zero-order chi connectivity index (χ0) is 12.2. The topological polar surface area (TPSA) is 86.7 Å². The lowest BCUT2D eigenvalue weighted by Gasteiger charge is -2.24. The minimum absolute atomic E-state index is 0.0300. The van der Waals surface area contributed by atoms with Gasteiger partial charge in [0, 0.05) is 6.54 Å². The molecule has 1 aliphatic rings. The van der Waals surface area contributed by atoms with Crippen molar-refractivity contribution in [3.8, 4) is 0 Å². The molecule has 1 heterocycles. The van der Waals surface area contributed by atoms with Crippen LogP contribution in [0.5, 0.6) is 0 Å². The zero-order valence-electron chi connectivity index (χ0n) is 9.12. The Morgan fingerprint density at radius 1 is 1.56 bits per heavy atom. The Morgan fingerprint density at radius 2 is 2.25 bits per heavy atom. The molecule has 1 aliphatic heterocycles.